The van der Waals surface area contributed by atoms with Crippen LogP contribution in [0, 0.1) is 5.92 Å². The van der Waals surface area contributed by atoms with Gasteiger partial charge in [0.2, 0.25) is 11.8 Å². The van der Waals surface area contributed by atoms with Crippen molar-refractivity contribution in [3.05, 3.63) is 29.3 Å². The maximum atomic E-state index is 12.9. The van der Waals surface area contributed by atoms with Gasteiger partial charge in [-0.05, 0) is 37.6 Å². The third kappa shape index (κ3) is 5.44. The Morgan fingerprint density at radius 1 is 1.00 bits per heavy atom. The fourth-order valence-electron chi connectivity index (χ4n) is 3.66. The summed E-state index contributed by atoms with van der Waals surface area (Å²) in [6.07, 6.45) is -7.35. The Morgan fingerprint density at radius 3 is 2.10 bits per heavy atom. The highest BCUT2D eigenvalue weighted by atomic mass is 19.4. The summed E-state index contributed by atoms with van der Waals surface area (Å²) < 4.78 is 77.4. The van der Waals surface area contributed by atoms with Crippen molar-refractivity contribution < 1.29 is 35.9 Å². The molecule has 2 aliphatic rings. The zero-order chi connectivity index (χ0) is 22.1. The highest BCUT2D eigenvalue weighted by Crippen LogP contribution is 2.37. The topological polar surface area (TPSA) is 61.4 Å². The molecule has 0 aliphatic carbocycles. The Hall–Kier alpha value is -2.30. The molecule has 30 heavy (non-hydrogen) atoms. The van der Waals surface area contributed by atoms with Gasteiger partial charge in [0.15, 0.2) is 0 Å². The molecule has 1 aromatic rings. The number of benzene rings is 1. The van der Waals surface area contributed by atoms with E-state index in [4.69, 9.17) is 0 Å². The molecule has 0 aromatic heterocycles. The van der Waals surface area contributed by atoms with Crippen LogP contribution >= 0.6 is 0 Å². The van der Waals surface area contributed by atoms with E-state index in [0.717, 1.165) is 25.8 Å². The van der Waals surface area contributed by atoms with Crippen molar-refractivity contribution in [3.8, 4) is 0 Å². The number of likely N-dealkylation sites (tertiary alicyclic amines) is 1. The number of anilines is 1. The van der Waals surface area contributed by atoms with E-state index in [9.17, 15) is 35.9 Å². The minimum atomic E-state index is -4.98. The number of carbonyl (C=O) groups excluding carboxylic acids is 2. The van der Waals surface area contributed by atoms with Crippen LogP contribution in [0.5, 0.6) is 0 Å². The van der Waals surface area contributed by atoms with E-state index in [1.807, 2.05) is 0 Å². The maximum Gasteiger partial charge on any atom is 0.416 e. The number of carbonyl (C=O) groups is 2. The average Bonchev–Trinajstić information content (AvgIpc) is 2.63. The molecule has 5 nitrogen and oxygen atoms in total. The van der Waals surface area contributed by atoms with Crippen LogP contribution in [0.25, 0.3) is 0 Å². The number of hydrogen-bond acceptors (Lipinski definition) is 3. The molecule has 2 fully saturated rings. The van der Waals surface area contributed by atoms with Crippen molar-refractivity contribution >= 4 is 17.5 Å². The molecule has 166 valence electrons. The number of alkyl halides is 6. The van der Waals surface area contributed by atoms with Gasteiger partial charge < -0.3 is 15.5 Å². The van der Waals surface area contributed by atoms with Crippen molar-refractivity contribution in [1.29, 1.82) is 0 Å². The van der Waals surface area contributed by atoms with Gasteiger partial charge in [-0.1, -0.05) is 6.42 Å². The molecule has 1 aromatic carbocycles. The minimum absolute atomic E-state index is 0.00434. The van der Waals surface area contributed by atoms with E-state index in [0.29, 0.717) is 25.2 Å². The number of amides is 2. The summed E-state index contributed by atoms with van der Waals surface area (Å²) >= 11 is 0. The largest absolute Gasteiger partial charge is 0.416 e. The summed E-state index contributed by atoms with van der Waals surface area (Å²) in [4.78, 5) is 26.0. The number of halogens is 6. The molecule has 2 heterocycles. The Kier molecular flexibility index (Phi) is 6.30. The van der Waals surface area contributed by atoms with E-state index in [1.165, 1.54) is 0 Å². The van der Waals surface area contributed by atoms with Gasteiger partial charge in [-0.15, -0.1) is 0 Å². The first-order chi connectivity index (χ1) is 13.9. The predicted molar refractivity (Wildman–Crippen MR) is 95.4 cm³/mol. The highest BCUT2D eigenvalue weighted by Gasteiger charge is 2.38. The van der Waals surface area contributed by atoms with Crippen molar-refractivity contribution in [3.63, 3.8) is 0 Å². The van der Waals surface area contributed by atoms with Crippen LogP contribution in [0.3, 0.4) is 0 Å². The van der Waals surface area contributed by atoms with Crippen LogP contribution in [-0.4, -0.2) is 42.4 Å². The first kappa shape index (κ1) is 22.4. The van der Waals surface area contributed by atoms with E-state index < -0.39 is 35.1 Å². The molecular weight excluding hydrogens is 416 g/mol. The molecular formula is C19H21F6N3O2. The molecule has 2 saturated heterocycles. The lowest BCUT2D eigenvalue weighted by Crippen LogP contribution is -2.57. The molecule has 0 spiro atoms. The third-order valence-corrected chi connectivity index (χ3v) is 5.22. The van der Waals surface area contributed by atoms with Gasteiger partial charge in [0.05, 0.1) is 17.2 Å². The summed E-state index contributed by atoms with van der Waals surface area (Å²) in [7, 11) is 0. The van der Waals surface area contributed by atoms with Crippen molar-refractivity contribution in [2.45, 2.75) is 44.1 Å². The number of hydrogen-bond donors (Lipinski definition) is 2. The van der Waals surface area contributed by atoms with Crippen LogP contribution in [0.1, 0.15) is 36.8 Å². The van der Waals surface area contributed by atoms with E-state index >= 15 is 0 Å². The van der Waals surface area contributed by atoms with Crippen molar-refractivity contribution in [2.75, 3.05) is 25.0 Å². The molecule has 0 saturated carbocycles. The lowest BCUT2D eigenvalue weighted by Gasteiger charge is -2.41. The van der Waals surface area contributed by atoms with Crippen LogP contribution in [0.4, 0.5) is 32.0 Å². The van der Waals surface area contributed by atoms with Gasteiger partial charge in [0.25, 0.3) is 0 Å². The molecule has 3 rings (SSSR count). The monoisotopic (exact) mass is 437 g/mol. The fraction of sp³-hybridized carbons (Fsp3) is 0.579. The van der Waals surface area contributed by atoms with Gasteiger partial charge in [0.1, 0.15) is 0 Å². The molecule has 1 atom stereocenters. The average molecular weight is 437 g/mol. The second-order valence-corrected chi connectivity index (χ2v) is 7.66. The minimum Gasteiger partial charge on any atom is -0.341 e. The molecule has 11 heteroatoms. The third-order valence-electron chi connectivity index (χ3n) is 5.22. The predicted octanol–water partition coefficient (Wildman–Crippen LogP) is 3.65. The van der Waals surface area contributed by atoms with Gasteiger partial charge in [-0.3, -0.25) is 9.59 Å². The van der Waals surface area contributed by atoms with Gasteiger partial charge >= 0.3 is 12.4 Å². The Labute approximate surface area is 168 Å². The number of rotatable bonds is 4. The summed E-state index contributed by atoms with van der Waals surface area (Å²) in [5.74, 6) is -0.931. The Bertz CT molecular complexity index is 764. The molecule has 0 radical (unpaired) electrons. The number of piperidine rings is 1. The van der Waals surface area contributed by atoms with Crippen LogP contribution < -0.4 is 10.6 Å². The number of nitrogens with one attached hydrogen (secondary N) is 2. The smallest absolute Gasteiger partial charge is 0.341 e. The molecule has 0 bridgehead atoms. The highest BCUT2D eigenvalue weighted by molar-refractivity contribution is 5.91. The maximum absolute atomic E-state index is 12.9. The first-order valence-corrected chi connectivity index (χ1v) is 9.55. The Balaban J connectivity index is 1.57. The molecule has 1 unspecified atom stereocenters. The quantitative estimate of drug-likeness (QED) is 0.707. The zero-order valence-corrected chi connectivity index (χ0v) is 15.9. The van der Waals surface area contributed by atoms with Crippen LogP contribution in [-0.2, 0) is 21.9 Å². The molecule has 2 aliphatic heterocycles. The summed E-state index contributed by atoms with van der Waals surface area (Å²) in [5, 5.41) is 5.26. The Morgan fingerprint density at radius 2 is 1.60 bits per heavy atom. The standard InChI is InChI=1S/C19H21F6N3O2/c20-18(21,22)12-6-13(19(23,24)25)8-14(7-12)27-16(29)5-11-9-28(10-11)17(30)15-3-1-2-4-26-15/h6-8,11,15,26H,1-5,9-10H2,(H,27,29). The molecule has 2 amide bonds. The normalized spacial score (nSPS) is 20.6. The van der Waals surface area contributed by atoms with Crippen LogP contribution in [0.15, 0.2) is 18.2 Å². The van der Waals surface area contributed by atoms with Crippen LogP contribution in [0.2, 0.25) is 0 Å². The number of nitrogens with zero attached hydrogens (tertiary/aromatic N) is 1. The fourth-order valence-corrected chi connectivity index (χ4v) is 3.66. The summed E-state index contributed by atoms with van der Waals surface area (Å²) in [6, 6.07) is 0.709. The SMILES string of the molecule is O=C(CC1CN(C(=O)C2CCCCN2)C1)Nc1cc(C(F)(F)F)cc(C(F)(F)F)c1. The second-order valence-electron chi connectivity index (χ2n) is 7.66. The van der Waals surface area contributed by atoms with Crippen molar-refractivity contribution in [1.82, 2.24) is 10.2 Å². The van der Waals surface area contributed by atoms with Gasteiger partial charge in [-0.25, -0.2) is 0 Å². The molecule has 2 N–H and O–H groups in total. The zero-order valence-electron chi connectivity index (χ0n) is 15.9. The van der Waals surface area contributed by atoms with Gasteiger partial charge in [-0.2, -0.15) is 26.3 Å². The van der Waals surface area contributed by atoms with Crippen molar-refractivity contribution in [2.24, 2.45) is 5.92 Å². The van der Waals surface area contributed by atoms with Gasteiger partial charge in [0, 0.05) is 31.1 Å². The second kappa shape index (κ2) is 8.44. The first-order valence-electron chi connectivity index (χ1n) is 9.55. The lowest BCUT2D eigenvalue weighted by molar-refractivity contribution is -0.143. The lowest BCUT2D eigenvalue weighted by atomic mass is 9.93. The van der Waals surface area contributed by atoms with E-state index in [1.54, 1.807) is 4.90 Å². The summed E-state index contributed by atoms with van der Waals surface area (Å²) in [5.41, 5.74) is -3.55. The van der Waals surface area contributed by atoms with E-state index in [-0.39, 0.29) is 30.4 Å². The van der Waals surface area contributed by atoms with E-state index in [2.05, 4.69) is 10.6 Å². The summed E-state index contributed by atoms with van der Waals surface area (Å²) in [6.45, 7) is 1.44.